The Balaban J connectivity index is 2.23. The minimum atomic E-state index is -4.38. The monoisotopic (exact) mass is 343 g/mol. The number of nitrogens with zero attached hydrogens (tertiary/aromatic N) is 1. The molecule has 0 saturated heterocycles. The Morgan fingerprint density at radius 3 is 2.35 bits per heavy atom. The Kier molecular flexibility index (Phi) is 3.07. The molecule has 0 aliphatic rings. The number of fused-ring (bicyclic) bond motifs is 1. The fraction of sp³-hybridized carbons (Fsp3) is 0.0714. The van der Waals surface area contributed by atoms with Crippen molar-refractivity contribution in [3.8, 4) is 5.69 Å². The second kappa shape index (κ2) is 4.65. The number of hydrogen-bond acceptors (Lipinski definition) is 1. The summed E-state index contributed by atoms with van der Waals surface area (Å²) in [5.74, 6) is 0. The third kappa shape index (κ3) is 2.21. The summed E-state index contributed by atoms with van der Waals surface area (Å²) >= 11 is -0.463. The number of alkyl halides is 3. The summed E-state index contributed by atoms with van der Waals surface area (Å²) in [6.07, 6.45) is -4.38. The van der Waals surface area contributed by atoms with Crippen molar-refractivity contribution >= 4 is 24.4 Å². The summed E-state index contributed by atoms with van der Waals surface area (Å²) in [5.41, 5.74) is -0.233. The van der Waals surface area contributed by atoms with Gasteiger partial charge in [-0.2, -0.15) is 0 Å². The molecular weight excluding hydrogens is 334 g/mol. The molecule has 2 nitrogen and oxygen atoms in total. The fourth-order valence-corrected chi connectivity index (χ4v) is 4.11. The van der Waals surface area contributed by atoms with Gasteiger partial charge in [0.1, 0.15) is 0 Å². The second-order valence-corrected chi connectivity index (χ2v) is 6.31. The van der Waals surface area contributed by atoms with E-state index in [1.807, 2.05) is 6.07 Å². The van der Waals surface area contributed by atoms with Crippen LogP contribution in [0.1, 0.15) is 5.56 Å². The van der Waals surface area contributed by atoms with E-state index in [2.05, 4.69) is 0 Å². The van der Waals surface area contributed by atoms with Crippen LogP contribution in [0, 0.1) is 0 Å². The predicted molar refractivity (Wildman–Crippen MR) is 71.5 cm³/mol. The standard InChI is InChI=1S/C14H8F3NOSe/c15-14(16,17)9-6-7-11-12(8-9)20-18(13(11)19)10-4-2-1-3-5-10/h1-8H. The van der Waals surface area contributed by atoms with Gasteiger partial charge in [0.2, 0.25) is 0 Å². The normalized spacial score (nSPS) is 11.9. The van der Waals surface area contributed by atoms with E-state index < -0.39 is 26.5 Å². The molecule has 0 bridgehead atoms. The molecule has 6 heteroatoms. The molecule has 102 valence electrons. The van der Waals surface area contributed by atoms with Crippen LogP contribution in [0.2, 0.25) is 0 Å². The maximum atomic E-state index is 12.7. The third-order valence-corrected chi connectivity index (χ3v) is 5.20. The average Bonchev–Trinajstić information content (AvgIpc) is 2.76. The van der Waals surface area contributed by atoms with E-state index in [4.69, 9.17) is 0 Å². The van der Waals surface area contributed by atoms with E-state index in [0.29, 0.717) is 15.3 Å². The number of hydrogen-bond donors (Lipinski definition) is 0. The number of halogens is 3. The molecule has 1 heterocycles. The Morgan fingerprint density at radius 1 is 1.00 bits per heavy atom. The van der Waals surface area contributed by atoms with Crippen molar-refractivity contribution in [3.05, 3.63) is 64.4 Å². The second-order valence-electron chi connectivity index (χ2n) is 4.24. The van der Waals surface area contributed by atoms with Crippen LogP contribution >= 0.6 is 0 Å². The van der Waals surface area contributed by atoms with Gasteiger partial charge in [-0.05, 0) is 0 Å². The van der Waals surface area contributed by atoms with Crippen molar-refractivity contribution < 1.29 is 13.2 Å². The Morgan fingerprint density at radius 2 is 1.70 bits per heavy atom. The van der Waals surface area contributed by atoms with Gasteiger partial charge in [0.15, 0.2) is 0 Å². The molecule has 1 aromatic heterocycles. The van der Waals surface area contributed by atoms with E-state index in [9.17, 15) is 18.0 Å². The molecular formula is C14H8F3NOSe. The van der Waals surface area contributed by atoms with Crippen molar-refractivity contribution in [1.82, 2.24) is 3.56 Å². The Bertz CT molecular complexity index is 818. The van der Waals surface area contributed by atoms with Gasteiger partial charge in [0, 0.05) is 0 Å². The van der Waals surface area contributed by atoms with Crippen LogP contribution in [0.3, 0.4) is 0 Å². The number of rotatable bonds is 1. The third-order valence-electron chi connectivity index (χ3n) is 2.90. The first-order valence-electron chi connectivity index (χ1n) is 5.75. The van der Waals surface area contributed by atoms with Crippen LogP contribution < -0.4 is 5.56 Å². The van der Waals surface area contributed by atoms with Crippen molar-refractivity contribution in [1.29, 1.82) is 0 Å². The summed E-state index contributed by atoms with van der Waals surface area (Å²) in [4.78, 5) is 12.2. The molecule has 0 amide bonds. The maximum absolute atomic E-state index is 12.7. The first kappa shape index (κ1) is 13.2. The minimum absolute atomic E-state index is 0.236. The quantitative estimate of drug-likeness (QED) is 0.623. The molecule has 0 spiro atoms. The van der Waals surface area contributed by atoms with Gasteiger partial charge < -0.3 is 0 Å². The zero-order valence-corrected chi connectivity index (χ0v) is 11.7. The summed E-state index contributed by atoms with van der Waals surface area (Å²) in [6.45, 7) is 0. The number of benzene rings is 2. The van der Waals surface area contributed by atoms with E-state index >= 15 is 0 Å². The van der Waals surface area contributed by atoms with Crippen LogP contribution in [0.5, 0.6) is 0 Å². The zero-order chi connectivity index (χ0) is 14.3. The van der Waals surface area contributed by atoms with Gasteiger partial charge in [-0.25, -0.2) is 0 Å². The van der Waals surface area contributed by atoms with Crippen LogP contribution in [0.4, 0.5) is 13.2 Å². The van der Waals surface area contributed by atoms with E-state index in [1.54, 1.807) is 24.3 Å². The molecule has 0 radical (unpaired) electrons. The van der Waals surface area contributed by atoms with Gasteiger partial charge in [0.05, 0.1) is 0 Å². The number of para-hydroxylation sites is 1. The van der Waals surface area contributed by atoms with Gasteiger partial charge in [-0.3, -0.25) is 0 Å². The number of aromatic nitrogens is 1. The molecule has 3 aromatic rings. The van der Waals surface area contributed by atoms with Crippen LogP contribution in [0.25, 0.3) is 15.3 Å². The van der Waals surface area contributed by atoms with Gasteiger partial charge >= 0.3 is 117 Å². The summed E-state index contributed by atoms with van der Waals surface area (Å²) in [7, 11) is 0. The van der Waals surface area contributed by atoms with Crippen LogP contribution in [0.15, 0.2) is 53.3 Å². The van der Waals surface area contributed by atoms with Crippen molar-refractivity contribution in [2.24, 2.45) is 0 Å². The summed E-state index contributed by atoms with van der Waals surface area (Å²) in [5, 5.41) is 0.363. The molecule has 0 unspecified atom stereocenters. The molecule has 3 rings (SSSR count). The average molecular weight is 342 g/mol. The topological polar surface area (TPSA) is 22.0 Å². The molecule has 0 atom stereocenters. The fourth-order valence-electron chi connectivity index (χ4n) is 1.93. The van der Waals surface area contributed by atoms with Crippen LogP contribution in [-0.4, -0.2) is 18.3 Å². The van der Waals surface area contributed by atoms with E-state index in [0.717, 1.165) is 12.1 Å². The van der Waals surface area contributed by atoms with E-state index in [1.165, 1.54) is 9.63 Å². The predicted octanol–water partition coefficient (Wildman–Crippen LogP) is 3.07. The zero-order valence-electron chi connectivity index (χ0n) is 10.0. The van der Waals surface area contributed by atoms with Gasteiger partial charge in [-0.15, -0.1) is 0 Å². The Hall–Kier alpha value is -1.78. The van der Waals surface area contributed by atoms with Crippen molar-refractivity contribution in [2.75, 3.05) is 0 Å². The first-order chi connectivity index (χ1) is 9.47. The van der Waals surface area contributed by atoms with Gasteiger partial charge in [-0.1, -0.05) is 0 Å². The SMILES string of the molecule is O=c1c2ccc(C(F)(F)F)cc2[se]n1-c1ccccc1. The van der Waals surface area contributed by atoms with E-state index in [-0.39, 0.29) is 5.56 Å². The van der Waals surface area contributed by atoms with Crippen molar-refractivity contribution in [3.63, 3.8) is 0 Å². The molecule has 0 aliphatic carbocycles. The molecule has 0 saturated carbocycles. The first-order valence-corrected chi connectivity index (χ1v) is 7.38. The molecule has 0 fully saturated rings. The molecule has 0 N–H and O–H groups in total. The van der Waals surface area contributed by atoms with Crippen molar-refractivity contribution in [2.45, 2.75) is 6.18 Å². The molecule has 0 aliphatic heterocycles. The molecule has 20 heavy (non-hydrogen) atoms. The van der Waals surface area contributed by atoms with Crippen LogP contribution in [-0.2, 0) is 6.18 Å². The summed E-state index contributed by atoms with van der Waals surface area (Å²) < 4.78 is 40.1. The molecule has 2 aromatic carbocycles. The van der Waals surface area contributed by atoms with Gasteiger partial charge in [0.25, 0.3) is 0 Å². The Labute approximate surface area is 118 Å². The summed E-state index contributed by atoms with van der Waals surface area (Å²) in [6, 6.07) is 12.3.